The zero-order valence-electron chi connectivity index (χ0n) is 6.79. The first-order chi connectivity index (χ1) is 6.09. The van der Waals surface area contributed by atoms with Crippen LogP contribution >= 0.6 is 7.60 Å². The summed E-state index contributed by atoms with van der Waals surface area (Å²) in [7, 11) is -4.03. The first-order valence-corrected chi connectivity index (χ1v) is 5.59. The molecule has 0 saturated carbocycles. The van der Waals surface area contributed by atoms with E-state index >= 15 is 0 Å². The van der Waals surface area contributed by atoms with E-state index in [2.05, 4.69) is 0 Å². The molecular weight excluding hydrogens is 187 g/mol. The van der Waals surface area contributed by atoms with Gasteiger partial charge in [0.15, 0.2) is 0 Å². The lowest BCUT2D eigenvalue weighted by molar-refractivity contribution is 0.366. The standard InChI is InChI=1S/C9H9O3P/c10-13(11,12)9-6-5-7-3-1-2-4-8(7)9/h1-6,9H,(H2,10,11,12)/t9-/m1/s1. The third-order valence-electron chi connectivity index (χ3n) is 2.14. The Morgan fingerprint density at radius 3 is 2.62 bits per heavy atom. The van der Waals surface area contributed by atoms with Gasteiger partial charge in [-0.3, -0.25) is 4.57 Å². The van der Waals surface area contributed by atoms with Crippen LogP contribution in [-0.2, 0) is 4.57 Å². The fourth-order valence-corrected chi connectivity index (χ4v) is 2.43. The van der Waals surface area contributed by atoms with E-state index in [4.69, 9.17) is 9.79 Å². The summed E-state index contributed by atoms with van der Waals surface area (Å²) < 4.78 is 11.0. The molecule has 0 heterocycles. The van der Waals surface area contributed by atoms with Crippen LogP contribution in [0.25, 0.3) is 6.08 Å². The highest BCUT2D eigenvalue weighted by Crippen LogP contribution is 2.55. The van der Waals surface area contributed by atoms with Gasteiger partial charge < -0.3 is 9.79 Å². The SMILES string of the molecule is O=P(O)(O)[C@@H]1C=Cc2ccccc21. The number of hydrogen-bond acceptors (Lipinski definition) is 1. The van der Waals surface area contributed by atoms with Crippen LogP contribution in [0.15, 0.2) is 30.3 Å². The van der Waals surface area contributed by atoms with E-state index < -0.39 is 13.3 Å². The Morgan fingerprint density at radius 2 is 1.92 bits per heavy atom. The smallest absolute Gasteiger partial charge is 0.324 e. The highest BCUT2D eigenvalue weighted by Gasteiger charge is 2.31. The molecule has 0 amide bonds. The molecule has 2 rings (SSSR count). The molecular formula is C9H9O3P. The van der Waals surface area contributed by atoms with Crippen molar-refractivity contribution < 1.29 is 14.4 Å². The zero-order chi connectivity index (χ0) is 9.47. The fourth-order valence-electron chi connectivity index (χ4n) is 1.52. The minimum absolute atomic E-state index is 0.718. The maximum Gasteiger partial charge on any atom is 0.336 e. The Labute approximate surface area is 75.9 Å². The van der Waals surface area contributed by atoms with Gasteiger partial charge in [0.05, 0.1) is 0 Å². The largest absolute Gasteiger partial charge is 0.336 e. The Morgan fingerprint density at radius 1 is 1.23 bits per heavy atom. The summed E-state index contributed by atoms with van der Waals surface area (Å²) >= 11 is 0. The number of rotatable bonds is 1. The van der Waals surface area contributed by atoms with Gasteiger partial charge in [-0.15, -0.1) is 0 Å². The molecule has 0 spiro atoms. The third-order valence-corrected chi connectivity index (χ3v) is 3.31. The second kappa shape index (κ2) is 2.81. The summed E-state index contributed by atoms with van der Waals surface area (Å²) in [5, 5.41) is 0. The molecule has 2 N–H and O–H groups in total. The van der Waals surface area contributed by atoms with E-state index in [1.54, 1.807) is 24.3 Å². The van der Waals surface area contributed by atoms with Crippen molar-refractivity contribution in [2.75, 3.05) is 0 Å². The van der Waals surface area contributed by atoms with Crippen LogP contribution in [0, 0.1) is 0 Å². The minimum atomic E-state index is -4.03. The molecule has 0 aliphatic heterocycles. The summed E-state index contributed by atoms with van der Waals surface area (Å²) in [5.41, 5.74) is 0.871. The van der Waals surface area contributed by atoms with Crippen molar-refractivity contribution in [3.63, 3.8) is 0 Å². The van der Waals surface area contributed by atoms with Crippen molar-refractivity contribution in [1.82, 2.24) is 0 Å². The molecule has 13 heavy (non-hydrogen) atoms. The van der Waals surface area contributed by atoms with Crippen molar-refractivity contribution in [3.8, 4) is 0 Å². The summed E-state index contributed by atoms with van der Waals surface area (Å²) in [6.45, 7) is 0. The molecule has 1 aromatic carbocycles. The molecule has 4 heteroatoms. The van der Waals surface area contributed by atoms with Gasteiger partial charge in [0.1, 0.15) is 5.66 Å². The van der Waals surface area contributed by atoms with Crippen molar-refractivity contribution in [2.45, 2.75) is 5.66 Å². The van der Waals surface area contributed by atoms with Crippen LogP contribution in [0.3, 0.4) is 0 Å². The van der Waals surface area contributed by atoms with Gasteiger partial charge in [0.2, 0.25) is 0 Å². The normalized spacial score (nSPS) is 20.3. The van der Waals surface area contributed by atoms with Crippen LogP contribution in [0.5, 0.6) is 0 Å². The maximum absolute atomic E-state index is 11.0. The monoisotopic (exact) mass is 196 g/mol. The van der Waals surface area contributed by atoms with Crippen LogP contribution < -0.4 is 0 Å². The zero-order valence-corrected chi connectivity index (χ0v) is 7.69. The van der Waals surface area contributed by atoms with E-state index in [9.17, 15) is 4.57 Å². The van der Waals surface area contributed by atoms with Crippen molar-refractivity contribution in [1.29, 1.82) is 0 Å². The Kier molecular flexibility index (Phi) is 1.88. The van der Waals surface area contributed by atoms with Crippen molar-refractivity contribution in [2.24, 2.45) is 0 Å². The quantitative estimate of drug-likeness (QED) is 0.674. The van der Waals surface area contributed by atoms with Crippen molar-refractivity contribution >= 4 is 13.7 Å². The number of allylic oxidation sites excluding steroid dienone is 1. The number of benzene rings is 1. The Bertz CT molecular complexity index is 405. The van der Waals surface area contributed by atoms with Gasteiger partial charge in [-0.05, 0) is 11.1 Å². The lowest BCUT2D eigenvalue weighted by Gasteiger charge is -2.11. The van der Waals surface area contributed by atoms with E-state index in [1.807, 2.05) is 12.1 Å². The fraction of sp³-hybridized carbons (Fsp3) is 0.111. The van der Waals surface area contributed by atoms with Gasteiger partial charge >= 0.3 is 7.60 Å². The van der Waals surface area contributed by atoms with Gasteiger partial charge in [-0.1, -0.05) is 36.4 Å². The van der Waals surface area contributed by atoms with Crippen LogP contribution in [0.2, 0.25) is 0 Å². The molecule has 3 nitrogen and oxygen atoms in total. The van der Waals surface area contributed by atoms with Crippen LogP contribution in [0.4, 0.5) is 0 Å². The third kappa shape index (κ3) is 1.46. The molecule has 0 unspecified atom stereocenters. The van der Waals surface area contributed by atoms with Gasteiger partial charge in [-0.25, -0.2) is 0 Å². The average Bonchev–Trinajstić information content (AvgIpc) is 2.45. The van der Waals surface area contributed by atoms with Gasteiger partial charge in [0, 0.05) is 0 Å². The van der Waals surface area contributed by atoms with Crippen LogP contribution in [0.1, 0.15) is 16.8 Å². The average molecular weight is 196 g/mol. The molecule has 1 aliphatic rings. The topological polar surface area (TPSA) is 57.5 Å². The molecule has 0 radical (unpaired) electrons. The lowest BCUT2D eigenvalue weighted by Crippen LogP contribution is -1.93. The van der Waals surface area contributed by atoms with Crippen LogP contribution in [-0.4, -0.2) is 9.79 Å². The molecule has 1 aromatic rings. The molecule has 68 valence electrons. The first kappa shape index (κ1) is 8.70. The predicted molar refractivity (Wildman–Crippen MR) is 50.3 cm³/mol. The molecule has 0 aromatic heterocycles. The second-order valence-electron chi connectivity index (χ2n) is 3.02. The Hall–Kier alpha value is -0.890. The molecule has 0 bridgehead atoms. The summed E-state index contributed by atoms with van der Waals surface area (Å²) in [4.78, 5) is 18.0. The van der Waals surface area contributed by atoms with Crippen molar-refractivity contribution in [3.05, 3.63) is 41.5 Å². The predicted octanol–water partition coefficient (Wildman–Crippen LogP) is 1.93. The van der Waals surface area contributed by atoms with Gasteiger partial charge in [-0.2, -0.15) is 0 Å². The molecule has 1 aliphatic carbocycles. The minimum Gasteiger partial charge on any atom is -0.324 e. The Balaban J connectivity index is 2.51. The number of fused-ring (bicyclic) bond motifs is 1. The molecule has 0 fully saturated rings. The van der Waals surface area contributed by atoms with E-state index in [-0.39, 0.29) is 0 Å². The maximum atomic E-state index is 11.0. The van der Waals surface area contributed by atoms with E-state index in [0.717, 1.165) is 11.1 Å². The second-order valence-corrected chi connectivity index (χ2v) is 4.76. The molecule has 0 saturated heterocycles. The van der Waals surface area contributed by atoms with Gasteiger partial charge in [0.25, 0.3) is 0 Å². The highest BCUT2D eigenvalue weighted by molar-refractivity contribution is 7.52. The lowest BCUT2D eigenvalue weighted by atomic mass is 10.1. The molecule has 1 atom stereocenters. The number of hydrogen-bond donors (Lipinski definition) is 2. The summed E-state index contributed by atoms with van der Waals surface area (Å²) in [6, 6.07) is 7.24. The van der Waals surface area contributed by atoms with E-state index in [0.29, 0.717) is 0 Å². The van der Waals surface area contributed by atoms with E-state index in [1.165, 1.54) is 0 Å². The first-order valence-electron chi connectivity index (χ1n) is 3.91. The summed E-state index contributed by atoms with van der Waals surface area (Å²) in [6.07, 6.45) is 3.31. The summed E-state index contributed by atoms with van der Waals surface area (Å²) in [5.74, 6) is 0. The highest BCUT2D eigenvalue weighted by atomic mass is 31.2.